The molecule has 0 aliphatic rings. The van der Waals surface area contributed by atoms with Crippen LogP contribution in [0, 0.1) is 0 Å². The van der Waals surface area contributed by atoms with Gasteiger partial charge in [-0.05, 0) is 5.56 Å². The predicted molar refractivity (Wildman–Crippen MR) is 76.8 cm³/mol. The van der Waals surface area contributed by atoms with E-state index in [0.717, 1.165) is 5.56 Å². The first-order valence-electron chi connectivity index (χ1n) is 6.52. The lowest BCUT2D eigenvalue weighted by Crippen LogP contribution is -2.45. The molecule has 1 amide bonds. The molecule has 0 spiro atoms. The van der Waals surface area contributed by atoms with Crippen LogP contribution in [-0.2, 0) is 14.3 Å². The van der Waals surface area contributed by atoms with Crippen LogP contribution >= 0.6 is 0 Å². The van der Waals surface area contributed by atoms with Crippen molar-refractivity contribution in [3.05, 3.63) is 35.9 Å². The third-order valence-corrected chi connectivity index (χ3v) is 3.04. The van der Waals surface area contributed by atoms with Gasteiger partial charge in [-0.25, -0.2) is 5.84 Å². The highest BCUT2D eigenvalue weighted by Crippen LogP contribution is 2.20. The lowest BCUT2D eigenvalue weighted by Gasteiger charge is -2.30. The topological polar surface area (TPSA) is 76.8 Å². The van der Waals surface area contributed by atoms with Gasteiger partial charge in [0.05, 0.1) is 13.2 Å². The number of hydrogen-bond donors (Lipinski definition) is 2. The number of benzene rings is 1. The van der Waals surface area contributed by atoms with Crippen molar-refractivity contribution in [2.75, 3.05) is 40.5 Å². The average molecular weight is 281 g/mol. The molecule has 3 N–H and O–H groups in total. The maximum Gasteiger partial charge on any atom is 0.255 e. The predicted octanol–water partition coefficient (Wildman–Crippen LogP) is 0.312. The van der Waals surface area contributed by atoms with Gasteiger partial charge in [0, 0.05) is 27.3 Å². The van der Waals surface area contributed by atoms with Crippen LogP contribution < -0.4 is 11.3 Å². The number of hydrazine groups is 1. The number of nitrogens with two attached hydrogens (primary N) is 1. The van der Waals surface area contributed by atoms with E-state index in [0.29, 0.717) is 26.3 Å². The molecular weight excluding hydrogens is 258 g/mol. The summed E-state index contributed by atoms with van der Waals surface area (Å²) in [7, 11) is 3.27. The van der Waals surface area contributed by atoms with E-state index in [1.165, 1.54) is 0 Å². The van der Waals surface area contributed by atoms with Gasteiger partial charge < -0.3 is 9.47 Å². The van der Waals surface area contributed by atoms with E-state index in [1.807, 2.05) is 35.2 Å². The third kappa shape index (κ3) is 4.90. The second-order valence-electron chi connectivity index (χ2n) is 4.34. The SMILES string of the molecule is COCCN(CCOC)C(C(=O)NN)c1ccccc1. The fraction of sp³-hybridized carbons (Fsp3) is 0.500. The Hall–Kier alpha value is -1.47. The lowest BCUT2D eigenvalue weighted by molar-refractivity contribution is -0.127. The highest BCUT2D eigenvalue weighted by molar-refractivity contribution is 5.82. The van der Waals surface area contributed by atoms with Gasteiger partial charge in [0.1, 0.15) is 6.04 Å². The highest BCUT2D eigenvalue weighted by Gasteiger charge is 2.26. The number of nitrogens with zero attached hydrogens (tertiary/aromatic N) is 1. The number of nitrogens with one attached hydrogen (secondary N) is 1. The van der Waals surface area contributed by atoms with E-state index < -0.39 is 6.04 Å². The minimum atomic E-state index is -0.452. The molecule has 112 valence electrons. The first kappa shape index (κ1) is 16.6. The van der Waals surface area contributed by atoms with Gasteiger partial charge >= 0.3 is 0 Å². The van der Waals surface area contributed by atoms with E-state index in [-0.39, 0.29) is 5.91 Å². The van der Waals surface area contributed by atoms with Gasteiger partial charge in [0.2, 0.25) is 0 Å². The molecule has 0 fully saturated rings. The largest absolute Gasteiger partial charge is 0.383 e. The Kier molecular flexibility index (Phi) is 7.82. The van der Waals surface area contributed by atoms with Crippen molar-refractivity contribution in [2.24, 2.45) is 5.84 Å². The summed E-state index contributed by atoms with van der Waals surface area (Å²) in [4.78, 5) is 14.1. The number of rotatable bonds is 9. The number of ether oxygens (including phenoxy) is 2. The van der Waals surface area contributed by atoms with Crippen molar-refractivity contribution in [3.63, 3.8) is 0 Å². The molecule has 0 saturated carbocycles. The summed E-state index contributed by atoms with van der Waals surface area (Å²) in [6, 6.07) is 9.08. The van der Waals surface area contributed by atoms with Crippen molar-refractivity contribution < 1.29 is 14.3 Å². The molecule has 6 nitrogen and oxygen atoms in total. The Labute approximate surface area is 119 Å². The van der Waals surface area contributed by atoms with Crippen LogP contribution in [0.1, 0.15) is 11.6 Å². The van der Waals surface area contributed by atoms with Crippen LogP contribution in [0.25, 0.3) is 0 Å². The maximum atomic E-state index is 12.1. The number of methoxy groups -OCH3 is 2. The fourth-order valence-electron chi connectivity index (χ4n) is 2.03. The zero-order valence-electron chi connectivity index (χ0n) is 12.0. The van der Waals surface area contributed by atoms with Crippen LogP contribution in [0.3, 0.4) is 0 Å². The molecule has 1 unspecified atom stereocenters. The van der Waals surface area contributed by atoms with E-state index in [2.05, 4.69) is 5.43 Å². The normalized spacial score (nSPS) is 12.4. The smallest absolute Gasteiger partial charge is 0.255 e. The molecule has 1 aromatic rings. The summed E-state index contributed by atoms with van der Waals surface area (Å²) in [6.45, 7) is 2.30. The summed E-state index contributed by atoms with van der Waals surface area (Å²) in [5.41, 5.74) is 3.13. The van der Waals surface area contributed by atoms with Gasteiger partial charge in [-0.3, -0.25) is 15.1 Å². The van der Waals surface area contributed by atoms with Crippen molar-refractivity contribution >= 4 is 5.91 Å². The van der Waals surface area contributed by atoms with Gasteiger partial charge in [0.25, 0.3) is 5.91 Å². The molecule has 0 aliphatic heterocycles. The molecule has 1 atom stereocenters. The van der Waals surface area contributed by atoms with E-state index in [1.54, 1.807) is 14.2 Å². The Morgan fingerprint density at radius 2 is 1.75 bits per heavy atom. The maximum absolute atomic E-state index is 12.1. The lowest BCUT2D eigenvalue weighted by atomic mass is 10.0. The van der Waals surface area contributed by atoms with Gasteiger partial charge in [0.15, 0.2) is 0 Å². The van der Waals surface area contributed by atoms with Crippen molar-refractivity contribution in [1.82, 2.24) is 10.3 Å². The molecule has 1 rings (SSSR count). The molecule has 0 aromatic heterocycles. The Balaban J connectivity index is 2.94. The highest BCUT2D eigenvalue weighted by atomic mass is 16.5. The van der Waals surface area contributed by atoms with Gasteiger partial charge in [-0.2, -0.15) is 0 Å². The van der Waals surface area contributed by atoms with Crippen LogP contribution in [0.5, 0.6) is 0 Å². The second-order valence-corrected chi connectivity index (χ2v) is 4.34. The fourth-order valence-corrected chi connectivity index (χ4v) is 2.03. The summed E-state index contributed by atoms with van der Waals surface area (Å²) in [5.74, 6) is 5.07. The van der Waals surface area contributed by atoms with Gasteiger partial charge in [-0.1, -0.05) is 30.3 Å². The van der Waals surface area contributed by atoms with Crippen LogP contribution in [0.15, 0.2) is 30.3 Å². The van der Waals surface area contributed by atoms with Crippen molar-refractivity contribution in [2.45, 2.75) is 6.04 Å². The van der Waals surface area contributed by atoms with Gasteiger partial charge in [-0.15, -0.1) is 0 Å². The quantitative estimate of drug-likeness (QED) is 0.387. The third-order valence-electron chi connectivity index (χ3n) is 3.04. The monoisotopic (exact) mass is 281 g/mol. The zero-order chi connectivity index (χ0) is 14.8. The number of carbonyl (C=O) groups is 1. The number of carbonyl (C=O) groups excluding carboxylic acids is 1. The summed E-state index contributed by atoms with van der Waals surface area (Å²) in [6.07, 6.45) is 0. The molecule has 20 heavy (non-hydrogen) atoms. The second kappa shape index (κ2) is 9.44. The molecule has 0 aliphatic carbocycles. The minimum absolute atomic E-state index is 0.247. The number of amides is 1. The summed E-state index contributed by atoms with van der Waals surface area (Å²) in [5, 5.41) is 0. The van der Waals surface area contributed by atoms with Crippen molar-refractivity contribution in [3.8, 4) is 0 Å². The van der Waals surface area contributed by atoms with Crippen molar-refractivity contribution in [1.29, 1.82) is 0 Å². The number of hydrogen-bond acceptors (Lipinski definition) is 5. The molecule has 0 heterocycles. The molecule has 1 aromatic carbocycles. The van der Waals surface area contributed by atoms with E-state index in [4.69, 9.17) is 15.3 Å². The van der Waals surface area contributed by atoms with E-state index >= 15 is 0 Å². The molecule has 0 bridgehead atoms. The molecule has 6 heteroatoms. The first-order chi connectivity index (χ1) is 9.74. The molecular formula is C14H23N3O3. The van der Waals surface area contributed by atoms with Crippen LogP contribution in [0.4, 0.5) is 0 Å². The standard InChI is InChI=1S/C14H23N3O3/c1-19-10-8-17(9-11-20-2)13(14(18)16-15)12-6-4-3-5-7-12/h3-7,13H,8-11,15H2,1-2H3,(H,16,18). The average Bonchev–Trinajstić information content (AvgIpc) is 2.50. The Morgan fingerprint density at radius 3 is 2.20 bits per heavy atom. The zero-order valence-corrected chi connectivity index (χ0v) is 12.0. The van der Waals surface area contributed by atoms with Crippen LogP contribution in [-0.4, -0.2) is 51.3 Å². The molecule has 0 radical (unpaired) electrons. The summed E-state index contributed by atoms with van der Waals surface area (Å²) >= 11 is 0. The Bertz CT molecular complexity index is 379. The van der Waals surface area contributed by atoms with E-state index in [9.17, 15) is 4.79 Å². The Morgan fingerprint density at radius 1 is 1.20 bits per heavy atom. The minimum Gasteiger partial charge on any atom is -0.383 e. The van der Waals surface area contributed by atoms with Crippen LogP contribution in [0.2, 0.25) is 0 Å². The summed E-state index contributed by atoms with van der Waals surface area (Å²) < 4.78 is 10.2. The molecule has 0 saturated heterocycles. The first-order valence-corrected chi connectivity index (χ1v) is 6.52.